The van der Waals surface area contributed by atoms with Crippen LogP contribution in [0, 0.1) is 13.8 Å². The quantitative estimate of drug-likeness (QED) is 0.615. The predicted octanol–water partition coefficient (Wildman–Crippen LogP) is 1.99. The van der Waals surface area contributed by atoms with Crippen LogP contribution in [0.4, 0.5) is 0 Å². The van der Waals surface area contributed by atoms with E-state index in [1.165, 1.54) is 0 Å². The molecule has 1 aromatic heterocycles. The monoisotopic (exact) mass is 382 g/mol. The third-order valence-corrected chi connectivity index (χ3v) is 4.17. The summed E-state index contributed by atoms with van der Waals surface area (Å²) in [6.07, 6.45) is 1.95. The molecule has 2 amide bonds. The largest absolute Gasteiger partial charge is 0.484 e. The minimum absolute atomic E-state index is 0.107. The second kappa shape index (κ2) is 10.2. The van der Waals surface area contributed by atoms with E-state index in [2.05, 4.69) is 22.2 Å². The Balaban J connectivity index is 1.70. The fourth-order valence-electron chi connectivity index (χ4n) is 2.39. The molecule has 0 aliphatic heterocycles. The van der Waals surface area contributed by atoms with E-state index in [1.807, 2.05) is 32.0 Å². The molecule has 0 aliphatic carbocycles. The molecule has 1 aromatic carbocycles. The molecule has 0 spiro atoms. The van der Waals surface area contributed by atoms with Gasteiger partial charge in [-0.25, -0.2) is 0 Å². The highest BCUT2D eigenvalue weighted by atomic mass is 16.5. The van der Waals surface area contributed by atoms with Gasteiger partial charge in [0.25, 0.3) is 11.8 Å². The normalized spacial score (nSPS) is 10.2. The van der Waals surface area contributed by atoms with Crippen LogP contribution < -0.4 is 21.1 Å². The third-order valence-electron chi connectivity index (χ3n) is 4.17. The van der Waals surface area contributed by atoms with E-state index in [4.69, 9.17) is 10.5 Å². The molecule has 0 radical (unpaired) electrons. The smallest absolute Gasteiger partial charge is 0.269 e. The maximum Gasteiger partial charge on any atom is 0.269 e. The second-order valence-corrected chi connectivity index (χ2v) is 6.45. The molecule has 1 heterocycles. The summed E-state index contributed by atoms with van der Waals surface area (Å²) in [4.78, 5) is 28.1. The van der Waals surface area contributed by atoms with E-state index in [-0.39, 0.29) is 18.4 Å². The molecule has 7 nitrogen and oxygen atoms in total. The summed E-state index contributed by atoms with van der Waals surface area (Å²) in [7, 11) is 0. The topological polar surface area (TPSA) is 106 Å². The molecule has 0 bridgehead atoms. The molecule has 0 unspecified atom stereocenters. The van der Waals surface area contributed by atoms with E-state index in [0.717, 1.165) is 16.7 Å². The molecule has 0 fully saturated rings. The lowest BCUT2D eigenvalue weighted by Gasteiger charge is -2.11. The van der Waals surface area contributed by atoms with Gasteiger partial charge >= 0.3 is 0 Å². The zero-order valence-corrected chi connectivity index (χ0v) is 16.2. The van der Waals surface area contributed by atoms with Crippen molar-refractivity contribution in [2.75, 3.05) is 13.2 Å². The highest BCUT2D eigenvalue weighted by Gasteiger charge is 2.09. The first-order chi connectivity index (χ1) is 13.4. The average Bonchev–Trinajstić information content (AvgIpc) is 2.68. The van der Waals surface area contributed by atoms with Gasteiger partial charge in [0.05, 0.1) is 0 Å². The third kappa shape index (κ3) is 6.51. The number of rotatable bonds is 9. The first-order valence-electron chi connectivity index (χ1n) is 9.00. The number of ether oxygens (including phenoxy) is 1. The van der Waals surface area contributed by atoms with Crippen LogP contribution in [0.2, 0.25) is 0 Å². The van der Waals surface area contributed by atoms with E-state index in [9.17, 15) is 9.59 Å². The van der Waals surface area contributed by atoms with Crippen molar-refractivity contribution in [3.05, 3.63) is 71.2 Å². The number of benzene rings is 1. The lowest BCUT2D eigenvalue weighted by molar-refractivity contribution is -0.122. The van der Waals surface area contributed by atoms with E-state index in [0.29, 0.717) is 36.7 Å². The summed E-state index contributed by atoms with van der Waals surface area (Å²) in [5, 5.41) is 5.40. The van der Waals surface area contributed by atoms with Crippen molar-refractivity contribution in [1.29, 1.82) is 0 Å². The molecule has 148 valence electrons. The van der Waals surface area contributed by atoms with Crippen molar-refractivity contribution in [1.82, 2.24) is 15.6 Å². The highest BCUT2D eigenvalue weighted by molar-refractivity contribution is 5.92. The van der Waals surface area contributed by atoms with Crippen LogP contribution in [0.3, 0.4) is 0 Å². The van der Waals surface area contributed by atoms with Gasteiger partial charge in [-0.3, -0.25) is 14.6 Å². The Morgan fingerprint density at radius 1 is 1.18 bits per heavy atom. The first kappa shape index (κ1) is 21.1. The Morgan fingerprint density at radius 3 is 2.68 bits per heavy atom. The number of hydrogen-bond donors (Lipinski definition) is 3. The number of aromatic nitrogens is 1. The van der Waals surface area contributed by atoms with Gasteiger partial charge in [0, 0.05) is 31.4 Å². The Kier molecular flexibility index (Phi) is 7.71. The molecule has 0 saturated carbocycles. The zero-order chi connectivity index (χ0) is 20.5. The Hall–Kier alpha value is -3.19. The molecule has 2 aromatic rings. The Labute approximate surface area is 165 Å². The molecule has 2 rings (SSSR count). The van der Waals surface area contributed by atoms with Crippen LogP contribution in [-0.4, -0.2) is 29.9 Å². The molecule has 0 aliphatic rings. The number of carbonyl (C=O) groups excluding carboxylic acids is 2. The van der Waals surface area contributed by atoms with Crippen molar-refractivity contribution < 1.29 is 14.3 Å². The number of nitrogens with one attached hydrogen (secondary N) is 2. The summed E-state index contributed by atoms with van der Waals surface area (Å²) >= 11 is 0. The standard InChI is InChI=1S/C21H26N4O3/c1-14-4-5-18(10-15(14)2)28-13-20(26)25-16(3)6-8-24-21(27)19-11-17(12-22)7-9-23-19/h4-5,7,9-11H,3,6,8,12-13,22H2,1-2H3,(H,24,27)(H,25,26). The van der Waals surface area contributed by atoms with Crippen molar-refractivity contribution in [2.24, 2.45) is 5.73 Å². The van der Waals surface area contributed by atoms with Crippen LogP contribution in [0.15, 0.2) is 48.8 Å². The number of nitrogens with zero attached hydrogens (tertiary/aromatic N) is 1. The minimum atomic E-state index is -0.299. The van der Waals surface area contributed by atoms with E-state index < -0.39 is 0 Å². The number of aryl methyl sites for hydroxylation is 2. The van der Waals surface area contributed by atoms with Gasteiger partial charge in [-0.1, -0.05) is 12.6 Å². The SMILES string of the molecule is C=C(CCNC(=O)c1cc(CN)ccn1)NC(=O)COc1ccc(C)c(C)c1. The summed E-state index contributed by atoms with van der Waals surface area (Å²) in [5.74, 6) is 0.0442. The summed E-state index contributed by atoms with van der Waals surface area (Å²) in [5.41, 5.74) is 9.46. The molecule has 28 heavy (non-hydrogen) atoms. The number of amides is 2. The van der Waals surface area contributed by atoms with Gasteiger partial charge < -0.3 is 21.1 Å². The minimum Gasteiger partial charge on any atom is -0.484 e. The molecule has 7 heteroatoms. The van der Waals surface area contributed by atoms with Gasteiger partial charge in [-0.05, 0) is 54.8 Å². The van der Waals surface area contributed by atoms with Crippen molar-refractivity contribution >= 4 is 11.8 Å². The van der Waals surface area contributed by atoms with Gasteiger partial charge in [-0.2, -0.15) is 0 Å². The van der Waals surface area contributed by atoms with Crippen molar-refractivity contribution in [3.8, 4) is 5.75 Å². The molecule has 4 N–H and O–H groups in total. The van der Waals surface area contributed by atoms with E-state index in [1.54, 1.807) is 18.3 Å². The van der Waals surface area contributed by atoms with Crippen LogP contribution in [0.5, 0.6) is 5.75 Å². The molecule has 0 atom stereocenters. The maximum absolute atomic E-state index is 12.1. The van der Waals surface area contributed by atoms with Gasteiger partial charge in [-0.15, -0.1) is 0 Å². The van der Waals surface area contributed by atoms with Gasteiger partial charge in [0.2, 0.25) is 0 Å². The second-order valence-electron chi connectivity index (χ2n) is 6.45. The highest BCUT2D eigenvalue weighted by Crippen LogP contribution is 2.16. The van der Waals surface area contributed by atoms with Crippen molar-refractivity contribution in [3.63, 3.8) is 0 Å². The maximum atomic E-state index is 12.1. The zero-order valence-electron chi connectivity index (χ0n) is 16.2. The average molecular weight is 382 g/mol. The number of hydrogen-bond acceptors (Lipinski definition) is 5. The van der Waals surface area contributed by atoms with Crippen LogP contribution in [0.25, 0.3) is 0 Å². The molecular formula is C21H26N4O3. The summed E-state index contributed by atoms with van der Waals surface area (Å²) < 4.78 is 5.49. The fraction of sp³-hybridized carbons (Fsp3) is 0.286. The van der Waals surface area contributed by atoms with Gasteiger partial charge in [0.1, 0.15) is 11.4 Å². The lowest BCUT2D eigenvalue weighted by Crippen LogP contribution is -2.31. The summed E-state index contributed by atoms with van der Waals surface area (Å²) in [6, 6.07) is 9.07. The molecular weight excluding hydrogens is 356 g/mol. The first-order valence-corrected chi connectivity index (χ1v) is 9.00. The lowest BCUT2D eigenvalue weighted by atomic mass is 10.1. The van der Waals surface area contributed by atoms with Crippen LogP contribution in [0.1, 0.15) is 33.6 Å². The van der Waals surface area contributed by atoms with Gasteiger partial charge in [0.15, 0.2) is 6.61 Å². The van der Waals surface area contributed by atoms with Crippen molar-refractivity contribution in [2.45, 2.75) is 26.8 Å². The molecule has 0 saturated heterocycles. The van der Waals surface area contributed by atoms with Crippen LogP contribution >= 0.6 is 0 Å². The van der Waals surface area contributed by atoms with Crippen LogP contribution in [-0.2, 0) is 11.3 Å². The number of pyridine rings is 1. The number of carbonyl (C=O) groups is 2. The fourth-order valence-corrected chi connectivity index (χ4v) is 2.39. The number of nitrogens with two attached hydrogens (primary N) is 1. The van der Waals surface area contributed by atoms with E-state index >= 15 is 0 Å². The predicted molar refractivity (Wildman–Crippen MR) is 108 cm³/mol. The Morgan fingerprint density at radius 2 is 1.96 bits per heavy atom. The Bertz CT molecular complexity index is 864. The summed E-state index contributed by atoms with van der Waals surface area (Å²) in [6.45, 7) is 8.36.